The number of fused-ring (bicyclic) bond motifs is 1. The molecule has 1 aromatic carbocycles. The first-order chi connectivity index (χ1) is 14.8. The maximum Gasteiger partial charge on any atom is 0.324 e. The van der Waals surface area contributed by atoms with Gasteiger partial charge in [-0.25, -0.2) is 14.8 Å². The van der Waals surface area contributed by atoms with Crippen molar-refractivity contribution in [2.24, 2.45) is 0 Å². The predicted molar refractivity (Wildman–Crippen MR) is 128 cm³/mol. The molecule has 3 heterocycles. The number of carbonyl (C=O) groups excluding carboxylic acids is 1. The van der Waals surface area contributed by atoms with Gasteiger partial charge in [-0.3, -0.25) is 5.32 Å². The van der Waals surface area contributed by atoms with Crippen LogP contribution in [0, 0.1) is 0 Å². The maximum atomic E-state index is 12.7. The smallest absolute Gasteiger partial charge is 0.324 e. The first-order valence-corrected chi connectivity index (χ1v) is 11.1. The number of anilines is 2. The molecule has 2 N–H and O–H groups in total. The largest absolute Gasteiger partial charge is 0.352 e. The minimum atomic E-state index is -0.160. The monoisotopic (exact) mass is 442 g/mol. The second-order valence-electron chi connectivity index (χ2n) is 8.28. The molecule has 2 aromatic heterocycles. The number of hydrogen-bond donors (Lipinski definition) is 2. The van der Waals surface area contributed by atoms with Crippen LogP contribution in [0.25, 0.3) is 11.0 Å². The van der Waals surface area contributed by atoms with Crippen LogP contribution < -0.4 is 10.2 Å². The van der Waals surface area contributed by atoms with Gasteiger partial charge in [-0.1, -0.05) is 52.3 Å². The molecule has 2 amide bonds. The van der Waals surface area contributed by atoms with E-state index in [-0.39, 0.29) is 11.4 Å². The number of aromatic amines is 1. The van der Waals surface area contributed by atoms with Crippen LogP contribution in [0.5, 0.6) is 0 Å². The SMILES string of the molecule is CC.CC(C)(C)c1ccc2nc(NC(=O)N3CCN(c4ncccc4Cl)CC3)[nH]c2c1. The van der Waals surface area contributed by atoms with Crippen LogP contribution in [-0.2, 0) is 5.41 Å². The molecule has 1 fully saturated rings. The Morgan fingerprint density at radius 3 is 2.48 bits per heavy atom. The lowest BCUT2D eigenvalue weighted by molar-refractivity contribution is 0.208. The predicted octanol–water partition coefficient (Wildman–Crippen LogP) is 5.29. The number of piperazine rings is 1. The molecule has 31 heavy (non-hydrogen) atoms. The van der Waals surface area contributed by atoms with Crippen molar-refractivity contribution in [3.05, 3.63) is 47.1 Å². The van der Waals surface area contributed by atoms with Gasteiger partial charge < -0.3 is 14.8 Å². The van der Waals surface area contributed by atoms with Crippen LogP contribution in [0.3, 0.4) is 0 Å². The number of H-pyrrole nitrogens is 1. The normalized spacial score (nSPS) is 14.3. The van der Waals surface area contributed by atoms with E-state index in [1.54, 1.807) is 11.1 Å². The van der Waals surface area contributed by atoms with E-state index < -0.39 is 0 Å². The van der Waals surface area contributed by atoms with Crippen LogP contribution in [0.2, 0.25) is 5.02 Å². The van der Waals surface area contributed by atoms with Gasteiger partial charge in [0.15, 0.2) is 0 Å². The van der Waals surface area contributed by atoms with Crippen molar-refractivity contribution in [3.63, 3.8) is 0 Å². The van der Waals surface area contributed by atoms with Crippen molar-refractivity contribution in [2.45, 2.75) is 40.0 Å². The molecule has 0 unspecified atom stereocenters. The lowest BCUT2D eigenvalue weighted by Gasteiger charge is -2.35. The van der Waals surface area contributed by atoms with Crippen LogP contribution in [0.1, 0.15) is 40.2 Å². The van der Waals surface area contributed by atoms with Crippen molar-refractivity contribution in [1.82, 2.24) is 19.9 Å². The third-order valence-corrected chi connectivity index (χ3v) is 5.47. The molecule has 0 saturated carbocycles. The molecule has 0 bridgehead atoms. The number of hydrogen-bond acceptors (Lipinski definition) is 4. The first-order valence-electron chi connectivity index (χ1n) is 10.7. The molecular weight excluding hydrogens is 412 g/mol. The molecule has 1 aliphatic rings. The highest BCUT2D eigenvalue weighted by molar-refractivity contribution is 6.32. The molecule has 8 heteroatoms. The molecule has 0 radical (unpaired) electrons. The van der Waals surface area contributed by atoms with E-state index in [1.165, 1.54) is 5.56 Å². The molecule has 1 aliphatic heterocycles. The van der Waals surface area contributed by atoms with E-state index >= 15 is 0 Å². The average Bonchev–Trinajstić information content (AvgIpc) is 3.16. The second-order valence-corrected chi connectivity index (χ2v) is 8.69. The Morgan fingerprint density at radius 2 is 1.84 bits per heavy atom. The molecule has 0 spiro atoms. The van der Waals surface area contributed by atoms with Crippen LogP contribution >= 0.6 is 11.6 Å². The Bertz CT molecular complexity index is 1030. The minimum absolute atomic E-state index is 0.0545. The molecule has 3 aromatic rings. The zero-order valence-electron chi connectivity index (χ0n) is 18.9. The second kappa shape index (κ2) is 9.56. The van der Waals surface area contributed by atoms with Gasteiger partial charge in [-0.2, -0.15) is 0 Å². The molecule has 166 valence electrons. The minimum Gasteiger partial charge on any atom is -0.352 e. The Balaban J connectivity index is 0.00000132. The number of aromatic nitrogens is 3. The molecule has 0 atom stereocenters. The van der Waals surface area contributed by atoms with E-state index in [2.05, 4.69) is 58.1 Å². The lowest BCUT2D eigenvalue weighted by Crippen LogP contribution is -2.50. The van der Waals surface area contributed by atoms with Gasteiger partial charge in [0.25, 0.3) is 0 Å². The Morgan fingerprint density at radius 1 is 1.13 bits per heavy atom. The number of benzene rings is 1. The van der Waals surface area contributed by atoms with Crippen molar-refractivity contribution < 1.29 is 4.79 Å². The number of imidazole rings is 1. The van der Waals surface area contributed by atoms with Crippen molar-refractivity contribution >= 4 is 40.4 Å². The maximum absolute atomic E-state index is 12.7. The number of urea groups is 1. The Kier molecular flexibility index (Phi) is 7.05. The van der Waals surface area contributed by atoms with Gasteiger partial charge >= 0.3 is 6.03 Å². The number of nitrogens with one attached hydrogen (secondary N) is 2. The Labute approximate surface area is 188 Å². The standard InChI is InChI=1S/C21H25ClN6O.C2H6/c1-21(2,3)14-6-7-16-17(13-14)25-19(24-16)26-20(29)28-11-9-27(10-12-28)18-15(22)5-4-8-23-18;1-2/h4-8,13H,9-12H2,1-3H3,(H2,24,25,26,29);1-2H3. The molecular formula is C23H31ClN6O. The highest BCUT2D eigenvalue weighted by Gasteiger charge is 2.24. The lowest BCUT2D eigenvalue weighted by atomic mass is 9.87. The highest BCUT2D eigenvalue weighted by Crippen LogP contribution is 2.26. The summed E-state index contributed by atoms with van der Waals surface area (Å²) in [6.45, 7) is 13.1. The fraction of sp³-hybridized carbons (Fsp3) is 0.435. The Hall–Kier alpha value is -2.80. The molecule has 0 aliphatic carbocycles. The molecule has 4 rings (SSSR count). The van der Waals surface area contributed by atoms with Crippen LogP contribution in [-0.4, -0.2) is 52.1 Å². The number of pyridine rings is 1. The number of carbonyl (C=O) groups is 1. The van der Waals surface area contributed by atoms with Gasteiger partial charge in [0.05, 0.1) is 16.1 Å². The van der Waals surface area contributed by atoms with Crippen molar-refractivity contribution in [3.8, 4) is 0 Å². The van der Waals surface area contributed by atoms with E-state index in [0.29, 0.717) is 37.1 Å². The zero-order chi connectivity index (χ0) is 22.6. The van der Waals surface area contributed by atoms with E-state index in [9.17, 15) is 4.79 Å². The van der Waals surface area contributed by atoms with Crippen molar-refractivity contribution in [2.75, 3.05) is 36.4 Å². The summed E-state index contributed by atoms with van der Waals surface area (Å²) in [6, 6.07) is 9.64. The summed E-state index contributed by atoms with van der Waals surface area (Å²) in [5.41, 5.74) is 3.03. The number of halogens is 1. The molecule has 7 nitrogen and oxygen atoms in total. The van der Waals surface area contributed by atoms with E-state index in [1.807, 2.05) is 32.0 Å². The van der Waals surface area contributed by atoms with E-state index in [4.69, 9.17) is 11.6 Å². The van der Waals surface area contributed by atoms with Crippen molar-refractivity contribution in [1.29, 1.82) is 0 Å². The summed E-state index contributed by atoms with van der Waals surface area (Å²) in [4.78, 5) is 28.6. The van der Waals surface area contributed by atoms with Gasteiger partial charge in [0.1, 0.15) is 5.82 Å². The third-order valence-electron chi connectivity index (χ3n) is 5.18. The number of nitrogens with zero attached hydrogens (tertiary/aromatic N) is 4. The first kappa shape index (κ1) is 22.9. The molecule has 1 saturated heterocycles. The summed E-state index contributed by atoms with van der Waals surface area (Å²) in [6.07, 6.45) is 1.73. The average molecular weight is 443 g/mol. The summed E-state index contributed by atoms with van der Waals surface area (Å²) >= 11 is 6.23. The summed E-state index contributed by atoms with van der Waals surface area (Å²) in [5.74, 6) is 1.23. The van der Waals surface area contributed by atoms with Gasteiger partial charge in [-0.05, 0) is 35.2 Å². The third kappa shape index (κ3) is 5.28. The quantitative estimate of drug-likeness (QED) is 0.565. The number of rotatable bonds is 2. The summed E-state index contributed by atoms with van der Waals surface area (Å²) in [7, 11) is 0. The zero-order valence-corrected chi connectivity index (χ0v) is 19.6. The van der Waals surface area contributed by atoms with Crippen LogP contribution in [0.4, 0.5) is 16.6 Å². The summed E-state index contributed by atoms with van der Waals surface area (Å²) in [5, 5.41) is 3.51. The number of amides is 2. The van der Waals surface area contributed by atoms with Gasteiger partial charge in [0, 0.05) is 32.4 Å². The summed E-state index contributed by atoms with van der Waals surface area (Å²) < 4.78 is 0. The van der Waals surface area contributed by atoms with Gasteiger partial charge in [-0.15, -0.1) is 0 Å². The van der Waals surface area contributed by atoms with Gasteiger partial charge in [0.2, 0.25) is 5.95 Å². The fourth-order valence-electron chi connectivity index (χ4n) is 3.45. The fourth-order valence-corrected chi connectivity index (χ4v) is 3.69. The highest BCUT2D eigenvalue weighted by atomic mass is 35.5. The van der Waals surface area contributed by atoms with Crippen LogP contribution in [0.15, 0.2) is 36.5 Å². The van der Waals surface area contributed by atoms with E-state index in [0.717, 1.165) is 16.9 Å². The topological polar surface area (TPSA) is 77.2 Å².